The molecule has 0 heterocycles. The second kappa shape index (κ2) is 77.7. The van der Waals surface area contributed by atoms with Gasteiger partial charge < -0.3 is 33.8 Å². The number of ether oxygens (including phenoxy) is 4. The summed E-state index contributed by atoms with van der Waals surface area (Å²) in [5.41, 5.74) is 0. The molecular weight excluding hydrogens is 1350 g/mol. The van der Waals surface area contributed by atoms with Gasteiger partial charge in [-0.05, 0) is 96.3 Å². The van der Waals surface area contributed by atoms with Crippen LogP contribution in [0.2, 0.25) is 0 Å². The van der Waals surface area contributed by atoms with E-state index < -0.39 is 97.5 Å². The number of rotatable bonds is 80. The van der Waals surface area contributed by atoms with Gasteiger partial charge in [0.1, 0.15) is 19.3 Å². The molecule has 0 aromatic heterocycles. The monoisotopic (exact) mass is 1510 g/mol. The second-order valence-electron chi connectivity index (χ2n) is 28.4. The van der Waals surface area contributed by atoms with Crippen molar-refractivity contribution >= 4 is 39.5 Å². The van der Waals surface area contributed by atoms with Gasteiger partial charge in [0.2, 0.25) is 0 Å². The van der Waals surface area contributed by atoms with E-state index in [2.05, 4.69) is 101 Å². The average molecular weight is 1510 g/mol. The number of aliphatic hydroxyl groups excluding tert-OH is 1. The van der Waals surface area contributed by atoms with Crippen LogP contribution >= 0.6 is 15.6 Å². The van der Waals surface area contributed by atoms with Gasteiger partial charge in [-0.1, -0.05) is 338 Å². The number of hydrogen-bond acceptors (Lipinski definition) is 15. The van der Waals surface area contributed by atoms with E-state index in [0.29, 0.717) is 25.7 Å². The topological polar surface area (TPSA) is 237 Å². The second-order valence-corrected chi connectivity index (χ2v) is 31.3. The highest BCUT2D eigenvalue weighted by atomic mass is 31.2. The van der Waals surface area contributed by atoms with Crippen molar-refractivity contribution in [2.45, 2.75) is 406 Å². The van der Waals surface area contributed by atoms with E-state index in [9.17, 15) is 43.2 Å². The molecule has 0 aliphatic carbocycles. The number of aliphatic hydroxyl groups is 1. The van der Waals surface area contributed by atoms with E-state index in [0.717, 1.165) is 173 Å². The van der Waals surface area contributed by atoms with E-state index in [1.165, 1.54) is 135 Å². The number of unbranched alkanes of at least 4 members (excludes halogenated alkanes) is 42. The molecule has 0 fully saturated rings. The molecule has 19 heteroatoms. The lowest BCUT2D eigenvalue weighted by Crippen LogP contribution is -2.30. The number of phosphoric acid groups is 2. The average Bonchev–Trinajstić information content (AvgIpc) is 0.939. The van der Waals surface area contributed by atoms with Crippen LogP contribution in [0, 0.1) is 0 Å². The highest BCUT2D eigenvalue weighted by molar-refractivity contribution is 7.47. The zero-order valence-electron chi connectivity index (χ0n) is 66.5. The van der Waals surface area contributed by atoms with Crippen LogP contribution in [0.25, 0.3) is 0 Å². The van der Waals surface area contributed by atoms with E-state index in [1.54, 1.807) is 0 Å². The van der Waals surface area contributed by atoms with Crippen LogP contribution < -0.4 is 0 Å². The molecule has 606 valence electrons. The Hall–Kier alpha value is -3.50. The zero-order valence-corrected chi connectivity index (χ0v) is 68.2. The standard InChI is InChI=1S/C85H154O17P2/c1-5-9-13-17-21-25-29-33-36-38-39-41-44-47-50-54-58-62-66-70-83(88)95-75-80(101-84(89)71-67-63-59-55-51-45-32-28-24-20-16-12-8-4)77-99-103(91,92)97-73-79(86)74-98-104(93,94)100-78-81(102-85(90)72-68-64-60-56-52-48-42-35-31-27-23-19-15-11-7-3)76-96-82(87)69-65-61-57-53-49-46-43-40-37-34-30-26-22-18-14-10-6-2/h10,14,21-22,25-26,33-34,36-37,39,41,79-81,86H,5-9,11-13,15-20,23-24,27-32,35,38,40,42-78H2,1-4H3,(H,91,92)(H,93,94)/b14-10-,25-21-,26-22-,36-33-,37-34-,41-39-. The molecule has 0 amide bonds. The van der Waals surface area contributed by atoms with Crippen molar-refractivity contribution in [2.75, 3.05) is 39.6 Å². The van der Waals surface area contributed by atoms with Gasteiger partial charge in [0.05, 0.1) is 26.4 Å². The Morgan fingerprint density at radius 3 is 0.788 bits per heavy atom. The van der Waals surface area contributed by atoms with Crippen LogP contribution in [0.4, 0.5) is 0 Å². The maximum absolute atomic E-state index is 13.1. The van der Waals surface area contributed by atoms with Crippen molar-refractivity contribution in [3.63, 3.8) is 0 Å². The highest BCUT2D eigenvalue weighted by Crippen LogP contribution is 2.45. The van der Waals surface area contributed by atoms with Crippen LogP contribution in [0.1, 0.15) is 387 Å². The summed E-state index contributed by atoms with van der Waals surface area (Å²) in [5, 5.41) is 10.7. The summed E-state index contributed by atoms with van der Waals surface area (Å²) >= 11 is 0. The molecule has 3 N–H and O–H groups in total. The first-order valence-electron chi connectivity index (χ1n) is 42.2. The van der Waals surface area contributed by atoms with Crippen molar-refractivity contribution in [2.24, 2.45) is 0 Å². The molecule has 5 unspecified atom stereocenters. The lowest BCUT2D eigenvalue weighted by molar-refractivity contribution is -0.161. The molecular formula is C85H154O17P2. The van der Waals surface area contributed by atoms with E-state index in [1.807, 2.05) is 0 Å². The molecule has 0 aliphatic rings. The zero-order chi connectivity index (χ0) is 76.0. The maximum atomic E-state index is 13.1. The molecule has 0 aromatic carbocycles. The first-order chi connectivity index (χ1) is 50.7. The Labute approximate surface area is 634 Å². The number of carbonyl (C=O) groups excluding carboxylic acids is 4. The Balaban J connectivity index is 5.32. The molecule has 0 bridgehead atoms. The van der Waals surface area contributed by atoms with Crippen LogP contribution in [0.15, 0.2) is 72.9 Å². The Morgan fingerprint density at radius 1 is 0.279 bits per heavy atom. The lowest BCUT2D eigenvalue weighted by Gasteiger charge is -2.21. The van der Waals surface area contributed by atoms with Gasteiger partial charge in [-0.25, -0.2) is 9.13 Å². The smallest absolute Gasteiger partial charge is 0.462 e. The summed E-state index contributed by atoms with van der Waals surface area (Å²) < 4.78 is 68.8. The molecule has 0 rings (SSSR count). The Kier molecular flexibility index (Phi) is 75.0. The van der Waals surface area contributed by atoms with Crippen LogP contribution in [-0.2, 0) is 65.4 Å². The maximum Gasteiger partial charge on any atom is 0.472 e. The predicted molar refractivity (Wildman–Crippen MR) is 427 cm³/mol. The first-order valence-corrected chi connectivity index (χ1v) is 45.2. The van der Waals surface area contributed by atoms with Crippen molar-refractivity contribution in [1.29, 1.82) is 0 Å². The summed E-state index contributed by atoms with van der Waals surface area (Å²) in [4.78, 5) is 73.1. The Morgan fingerprint density at radius 2 is 0.500 bits per heavy atom. The molecule has 0 aromatic rings. The van der Waals surface area contributed by atoms with Crippen molar-refractivity contribution in [3.8, 4) is 0 Å². The molecule has 104 heavy (non-hydrogen) atoms. The lowest BCUT2D eigenvalue weighted by atomic mass is 10.0. The van der Waals surface area contributed by atoms with Crippen LogP contribution in [0.5, 0.6) is 0 Å². The number of phosphoric ester groups is 2. The SMILES string of the molecule is CC/C=C\C/C=C\C/C=C\CCCCCCCCCC(=O)OCC(COP(=O)(O)OCC(O)COP(=O)(O)OCC(COC(=O)CCCCCCCC/C=C\C/C=C\C/C=C\CCCCC)OC(=O)CCCCCCCCCCCCCCC)OC(=O)CCCCCCCCCCCCCCCCC. The summed E-state index contributed by atoms with van der Waals surface area (Å²) in [6.45, 7) is 4.81. The molecule has 0 radical (unpaired) electrons. The van der Waals surface area contributed by atoms with Gasteiger partial charge >= 0.3 is 39.5 Å². The minimum atomic E-state index is -4.97. The van der Waals surface area contributed by atoms with Gasteiger partial charge in [-0.3, -0.25) is 37.3 Å². The van der Waals surface area contributed by atoms with Crippen molar-refractivity contribution in [3.05, 3.63) is 72.9 Å². The number of allylic oxidation sites excluding steroid dienone is 12. The van der Waals surface area contributed by atoms with Crippen molar-refractivity contribution < 1.29 is 80.2 Å². The fourth-order valence-electron chi connectivity index (χ4n) is 11.8. The fourth-order valence-corrected chi connectivity index (χ4v) is 13.4. The third-order valence-electron chi connectivity index (χ3n) is 18.2. The quantitative estimate of drug-likeness (QED) is 0.0169. The molecule has 0 saturated carbocycles. The van der Waals surface area contributed by atoms with E-state index in [4.69, 9.17) is 37.0 Å². The summed E-state index contributed by atoms with van der Waals surface area (Å²) in [6, 6.07) is 0. The largest absolute Gasteiger partial charge is 0.472 e. The summed E-state index contributed by atoms with van der Waals surface area (Å²) in [7, 11) is -9.95. The van der Waals surface area contributed by atoms with Gasteiger partial charge in [-0.15, -0.1) is 0 Å². The third-order valence-corrected chi connectivity index (χ3v) is 20.1. The van der Waals surface area contributed by atoms with E-state index >= 15 is 0 Å². The molecule has 0 aliphatic heterocycles. The minimum Gasteiger partial charge on any atom is -0.462 e. The van der Waals surface area contributed by atoms with E-state index in [-0.39, 0.29) is 25.7 Å². The van der Waals surface area contributed by atoms with Gasteiger partial charge in [0.25, 0.3) is 0 Å². The van der Waals surface area contributed by atoms with Crippen LogP contribution in [-0.4, -0.2) is 96.7 Å². The first kappa shape index (κ1) is 100. The van der Waals surface area contributed by atoms with Gasteiger partial charge in [-0.2, -0.15) is 0 Å². The fraction of sp³-hybridized carbons (Fsp3) is 0.812. The Bertz CT molecular complexity index is 2250. The van der Waals surface area contributed by atoms with Crippen molar-refractivity contribution in [1.82, 2.24) is 0 Å². The molecule has 5 atom stereocenters. The normalized spacial score (nSPS) is 14.2. The third kappa shape index (κ3) is 76.7. The molecule has 0 saturated heterocycles. The number of hydrogen-bond donors (Lipinski definition) is 3. The summed E-state index contributed by atoms with van der Waals surface area (Å²) in [5.74, 6) is -2.16. The van der Waals surface area contributed by atoms with Gasteiger partial charge in [0, 0.05) is 25.7 Å². The number of esters is 4. The van der Waals surface area contributed by atoms with Crippen LogP contribution in [0.3, 0.4) is 0 Å². The number of carbonyl (C=O) groups is 4. The molecule has 17 nitrogen and oxygen atoms in total. The molecule has 0 spiro atoms. The minimum absolute atomic E-state index is 0.0979. The van der Waals surface area contributed by atoms with Gasteiger partial charge in [0.15, 0.2) is 12.2 Å². The predicted octanol–water partition coefficient (Wildman–Crippen LogP) is 24.8. The highest BCUT2D eigenvalue weighted by Gasteiger charge is 2.30. The summed E-state index contributed by atoms with van der Waals surface area (Å²) in [6.07, 6.45) is 80.0.